The molecule has 3 N–H and O–H groups in total. The zero-order valence-corrected chi connectivity index (χ0v) is 19.9. The van der Waals surface area contributed by atoms with Gasteiger partial charge in [-0.3, -0.25) is 14.3 Å². The number of H-pyrrole nitrogens is 1. The molecule has 0 fully saturated rings. The molecular formula is C22H44N2O5. The van der Waals surface area contributed by atoms with Crippen LogP contribution >= 0.6 is 0 Å². The van der Waals surface area contributed by atoms with Crippen LogP contribution in [0.1, 0.15) is 94.2 Å². The number of hydrogen-bond donors (Lipinski definition) is 3. The molecular weight excluding hydrogens is 372 g/mol. The van der Waals surface area contributed by atoms with E-state index in [2.05, 4.69) is 11.6 Å². The van der Waals surface area contributed by atoms with E-state index in [1.165, 1.54) is 16.8 Å². The molecule has 0 aliphatic heterocycles. The molecule has 29 heavy (non-hydrogen) atoms. The zero-order chi connectivity index (χ0) is 23.6. The molecule has 0 aromatic carbocycles. The van der Waals surface area contributed by atoms with Crippen LogP contribution in [0.2, 0.25) is 0 Å². The molecule has 1 rings (SSSR count). The van der Waals surface area contributed by atoms with Gasteiger partial charge in [0.25, 0.3) is 5.56 Å². The van der Waals surface area contributed by atoms with E-state index in [1.807, 2.05) is 41.5 Å². The van der Waals surface area contributed by atoms with Gasteiger partial charge in [0, 0.05) is 12.3 Å². The van der Waals surface area contributed by atoms with Gasteiger partial charge in [0.15, 0.2) is 5.79 Å². The van der Waals surface area contributed by atoms with Gasteiger partial charge in [-0.1, -0.05) is 54.0 Å². The average molecular weight is 417 g/mol. The lowest BCUT2D eigenvalue weighted by atomic mass is 10.1. The Morgan fingerprint density at radius 3 is 1.97 bits per heavy atom. The normalized spacial score (nSPS) is 12.1. The van der Waals surface area contributed by atoms with E-state index in [9.17, 15) is 9.59 Å². The number of rotatable bonds is 8. The fraction of sp³-hybridized carbons (Fsp3) is 0.727. The van der Waals surface area contributed by atoms with Crippen LogP contribution in [-0.4, -0.2) is 31.7 Å². The summed E-state index contributed by atoms with van der Waals surface area (Å²) in [6, 6.07) is 1.31. The summed E-state index contributed by atoms with van der Waals surface area (Å²) in [4.78, 5) is 24.8. The monoisotopic (exact) mass is 416 g/mol. The lowest BCUT2D eigenvalue weighted by molar-refractivity contribution is -0.163. The average Bonchev–Trinajstić information content (AvgIpc) is 2.70. The van der Waals surface area contributed by atoms with Crippen LogP contribution in [0.4, 0.5) is 0 Å². The molecule has 7 nitrogen and oxygen atoms in total. The van der Waals surface area contributed by atoms with Crippen LogP contribution in [0.15, 0.2) is 34.0 Å². The van der Waals surface area contributed by atoms with E-state index in [1.54, 1.807) is 20.8 Å². The third-order valence-electron chi connectivity index (χ3n) is 3.80. The van der Waals surface area contributed by atoms with Crippen LogP contribution in [0.5, 0.6) is 0 Å². The summed E-state index contributed by atoms with van der Waals surface area (Å²) in [5.41, 5.74) is 0.181. The Kier molecular flexibility index (Phi) is 20.2. The molecule has 0 saturated carbocycles. The molecule has 0 saturated heterocycles. The van der Waals surface area contributed by atoms with E-state index in [4.69, 9.17) is 14.9 Å². The Balaban J connectivity index is -0.000000516. The molecule has 0 aliphatic carbocycles. The van der Waals surface area contributed by atoms with Gasteiger partial charge in [-0.2, -0.15) is 0 Å². The van der Waals surface area contributed by atoms with Crippen molar-refractivity contribution >= 4 is 0 Å². The number of aromatic nitrogens is 2. The minimum atomic E-state index is -1.42. The van der Waals surface area contributed by atoms with Crippen LogP contribution in [0.3, 0.4) is 0 Å². The molecule has 2 unspecified atom stereocenters. The largest absolute Gasteiger partial charge is 0.366 e. The summed E-state index contributed by atoms with van der Waals surface area (Å²) in [6.07, 6.45) is 3.47. The van der Waals surface area contributed by atoms with Crippen LogP contribution in [0, 0.1) is 0 Å². The van der Waals surface area contributed by atoms with E-state index in [-0.39, 0.29) is 6.10 Å². The van der Waals surface area contributed by atoms with Crippen LogP contribution in [-0.2, 0) is 4.74 Å². The second-order valence-electron chi connectivity index (χ2n) is 6.13. The van der Waals surface area contributed by atoms with Crippen molar-refractivity contribution < 1.29 is 14.9 Å². The SMILES string of the molecule is C=C(C)CC(CC)OC(C)n1ccc(=O)[nH]c1=O.CC.CC.CCC(O)(O)CC. The molecule has 1 heterocycles. The van der Waals surface area contributed by atoms with E-state index in [0.717, 1.165) is 18.4 Å². The number of nitrogens with zero attached hydrogens (tertiary/aromatic N) is 1. The van der Waals surface area contributed by atoms with Gasteiger partial charge in [0.1, 0.15) is 6.23 Å². The van der Waals surface area contributed by atoms with Gasteiger partial charge in [-0.05, 0) is 39.5 Å². The van der Waals surface area contributed by atoms with Crippen molar-refractivity contribution in [3.8, 4) is 0 Å². The second kappa shape index (κ2) is 18.3. The van der Waals surface area contributed by atoms with Gasteiger partial charge >= 0.3 is 5.69 Å². The topological polar surface area (TPSA) is 105 Å². The van der Waals surface area contributed by atoms with Crippen LogP contribution < -0.4 is 11.2 Å². The Hall–Kier alpha value is -1.70. The van der Waals surface area contributed by atoms with E-state index >= 15 is 0 Å². The Morgan fingerprint density at radius 2 is 1.66 bits per heavy atom. The Bertz CT molecular complexity index is 629. The molecule has 2 atom stereocenters. The fourth-order valence-corrected chi connectivity index (χ4v) is 1.99. The van der Waals surface area contributed by atoms with Gasteiger partial charge < -0.3 is 14.9 Å². The lowest BCUT2D eigenvalue weighted by Crippen LogP contribution is -2.33. The van der Waals surface area contributed by atoms with Gasteiger partial charge in [-0.25, -0.2) is 4.79 Å². The highest BCUT2D eigenvalue weighted by Crippen LogP contribution is 2.16. The fourth-order valence-electron chi connectivity index (χ4n) is 1.99. The molecule has 0 bridgehead atoms. The first-order valence-electron chi connectivity index (χ1n) is 10.6. The van der Waals surface area contributed by atoms with Crippen molar-refractivity contribution in [3.63, 3.8) is 0 Å². The summed E-state index contributed by atoms with van der Waals surface area (Å²) in [6.45, 7) is 21.1. The minimum Gasteiger partial charge on any atom is -0.366 e. The summed E-state index contributed by atoms with van der Waals surface area (Å²) >= 11 is 0. The Morgan fingerprint density at radius 1 is 1.17 bits per heavy atom. The molecule has 0 amide bonds. The highest BCUT2D eigenvalue weighted by molar-refractivity contribution is 4.91. The molecule has 0 aliphatic rings. The summed E-state index contributed by atoms with van der Waals surface area (Å²) in [5, 5.41) is 17.4. The number of ether oxygens (including phenoxy) is 1. The predicted molar refractivity (Wildman–Crippen MR) is 121 cm³/mol. The minimum absolute atomic E-state index is 0.0244. The summed E-state index contributed by atoms with van der Waals surface area (Å²) in [7, 11) is 0. The van der Waals surface area contributed by atoms with Gasteiger partial charge in [-0.15, -0.1) is 6.58 Å². The van der Waals surface area contributed by atoms with Crippen molar-refractivity contribution in [1.82, 2.24) is 9.55 Å². The zero-order valence-electron chi connectivity index (χ0n) is 19.9. The standard InChI is InChI=1S/C13H20N2O3.C5H12O2.2C2H6/c1-5-11(8-9(2)3)18-10(4)15-7-6-12(16)14-13(15)17;1-3-5(6,7)4-2;2*1-2/h6-7,10-11H,2,5,8H2,1,3-4H3,(H,14,16,17);6-7H,3-4H2,1-2H3;2*1-2H3. The second-order valence-corrected chi connectivity index (χ2v) is 6.13. The van der Waals surface area contributed by atoms with E-state index in [0.29, 0.717) is 12.8 Å². The predicted octanol–water partition coefficient (Wildman–Crippen LogP) is 4.36. The molecule has 1 aromatic heterocycles. The van der Waals surface area contributed by atoms with Gasteiger partial charge in [0.2, 0.25) is 0 Å². The maximum Gasteiger partial charge on any atom is 0.330 e. The number of aromatic amines is 1. The first-order chi connectivity index (χ1) is 13.6. The summed E-state index contributed by atoms with van der Waals surface area (Å²) < 4.78 is 7.16. The first-order valence-corrected chi connectivity index (χ1v) is 10.6. The van der Waals surface area contributed by atoms with Crippen molar-refractivity contribution in [1.29, 1.82) is 0 Å². The molecule has 0 radical (unpaired) electrons. The molecule has 0 spiro atoms. The van der Waals surface area contributed by atoms with Crippen molar-refractivity contribution in [2.24, 2.45) is 0 Å². The van der Waals surface area contributed by atoms with Crippen molar-refractivity contribution in [3.05, 3.63) is 45.3 Å². The Labute approximate surface area is 176 Å². The number of hydrogen-bond acceptors (Lipinski definition) is 5. The third-order valence-corrected chi connectivity index (χ3v) is 3.80. The van der Waals surface area contributed by atoms with Gasteiger partial charge in [0.05, 0.1) is 6.10 Å². The van der Waals surface area contributed by atoms with Crippen molar-refractivity contribution in [2.75, 3.05) is 0 Å². The van der Waals surface area contributed by atoms with E-state index < -0.39 is 23.3 Å². The van der Waals surface area contributed by atoms with Crippen molar-refractivity contribution in [2.45, 2.75) is 106 Å². The first kappa shape index (κ1) is 32.0. The maximum atomic E-state index is 11.6. The highest BCUT2D eigenvalue weighted by atomic mass is 16.5. The lowest BCUT2D eigenvalue weighted by Gasteiger charge is -2.22. The molecule has 172 valence electrons. The quantitative estimate of drug-likeness (QED) is 0.431. The maximum absolute atomic E-state index is 11.6. The highest BCUT2D eigenvalue weighted by Gasteiger charge is 2.15. The number of aliphatic hydroxyl groups is 2. The number of nitrogens with one attached hydrogen (secondary N) is 1. The third kappa shape index (κ3) is 15.9. The molecule has 1 aromatic rings. The molecule has 7 heteroatoms. The van der Waals surface area contributed by atoms with Crippen LogP contribution in [0.25, 0.3) is 0 Å². The smallest absolute Gasteiger partial charge is 0.330 e. The summed E-state index contributed by atoms with van der Waals surface area (Å²) in [5.74, 6) is -1.42.